The summed E-state index contributed by atoms with van der Waals surface area (Å²) >= 11 is 7.29. The molecular formula is C10H15ClN4OS. The molecule has 1 amide bonds. The first-order valence-electron chi connectivity index (χ1n) is 5.58. The summed E-state index contributed by atoms with van der Waals surface area (Å²) in [5.74, 6) is 0.0334. The Morgan fingerprint density at radius 3 is 3.29 bits per heavy atom. The van der Waals surface area contributed by atoms with Crippen molar-refractivity contribution in [1.29, 1.82) is 0 Å². The second-order valence-electron chi connectivity index (χ2n) is 3.76. The van der Waals surface area contributed by atoms with Crippen molar-refractivity contribution in [1.82, 2.24) is 15.6 Å². The van der Waals surface area contributed by atoms with Gasteiger partial charge in [-0.15, -0.1) is 11.3 Å². The van der Waals surface area contributed by atoms with E-state index >= 15 is 0 Å². The fourth-order valence-corrected chi connectivity index (χ4v) is 2.86. The third-order valence-corrected chi connectivity index (χ3v) is 3.81. The molecule has 1 aromatic heterocycles. The van der Waals surface area contributed by atoms with Crippen LogP contribution in [0.2, 0.25) is 5.15 Å². The van der Waals surface area contributed by atoms with Gasteiger partial charge in [0, 0.05) is 31.6 Å². The lowest BCUT2D eigenvalue weighted by atomic mass is 10.2. The minimum atomic E-state index is -0.203. The normalized spacial score (nSPS) is 20.4. The number of hydrogen-bond acceptors (Lipinski definition) is 5. The monoisotopic (exact) mass is 274 g/mol. The molecule has 0 spiro atoms. The predicted octanol–water partition coefficient (Wildman–Crippen LogP) is 0.711. The average molecular weight is 275 g/mol. The zero-order chi connectivity index (χ0) is 12.3. The summed E-state index contributed by atoms with van der Waals surface area (Å²) in [4.78, 5) is 18.2. The van der Waals surface area contributed by atoms with E-state index in [9.17, 15) is 4.79 Å². The molecule has 1 aromatic rings. The second-order valence-corrected chi connectivity index (χ2v) is 4.98. The van der Waals surface area contributed by atoms with E-state index in [1.165, 1.54) is 11.3 Å². The standard InChI is InChI=1S/C10H15ClN4OS/c1-2-13-9(16)7-5-12-3-4-15(7)10-14-8(11)6-17-10/h6-7,12H,2-5H2,1H3,(H,13,16). The number of amides is 1. The molecule has 0 aliphatic carbocycles. The Morgan fingerprint density at radius 2 is 2.65 bits per heavy atom. The largest absolute Gasteiger partial charge is 0.355 e. The van der Waals surface area contributed by atoms with E-state index in [4.69, 9.17) is 11.6 Å². The van der Waals surface area contributed by atoms with Crippen molar-refractivity contribution >= 4 is 34.0 Å². The van der Waals surface area contributed by atoms with Crippen LogP contribution in [0.15, 0.2) is 5.38 Å². The van der Waals surface area contributed by atoms with Crippen molar-refractivity contribution in [3.8, 4) is 0 Å². The maximum atomic E-state index is 11.9. The van der Waals surface area contributed by atoms with E-state index in [1.54, 1.807) is 5.38 Å². The molecule has 2 N–H and O–H groups in total. The van der Waals surface area contributed by atoms with Crippen LogP contribution in [0, 0.1) is 0 Å². The molecule has 1 atom stereocenters. The fraction of sp³-hybridized carbons (Fsp3) is 0.600. The number of aromatic nitrogens is 1. The highest BCUT2D eigenvalue weighted by Crippen LogP contribution is 2.25. The number of likely N-dealkylation sites (N-methyl/N-ethyl adjacent to an activating group) is 1. The minimum absolute atomic E-state index is 0.0334. The summed E-state index contributed by atoms with van der Waals surface area (Å²) in [6, 6.07) is -0.203. The SMILES string of the molecule is CCNC(=O)C1CNCCN1c1nc(Cl)cs1. The highest BCUT2D eigenvalue weighted by atomic mass is 35.5. The molecule has 2 rings (SSSR count). The quantitative estimate of drug-likeness (QED) is 0.852. The van der Waals surface area contributed by atoms with Gasteiger partial charge in [0.15, 0.2) is 5.13 Å². The van der Waals surface area contributed by atoms with Crippen LogP contribution in [0.1, 0.15) is 6.92 Å². The van der Waals surface area contributed by atoms with Crippen LogP contribution >= 0.6 is 22.9 Å². The Kier molecular flexibility index (Phi) is 4.20. The second kappa shape index (κ2) is 5.66. The van der Waals surface area contributed by atoms with Gasteiger partial charge in [-0.2, -0.15) is 0 Å². The molecule has 17 heavy (non-hydrogen) atoms. The molecule has 94 valence electrons. The predicted molar refractivity (Wildman–Crippen MR) is 69.8 cm³/mol. The van der Waals surface area contributed by atoms with Gasteiger partial charge in [-0.3, -0.25) is 4.79 Å². The molecule has 1 saturated heterocycles. The van der Waals surface area contributed by atoms with Gasteiger partial charge in [0.25, 0.3) is 0 Å². The lowest BCUT2D eigenvalue weighted by molar-refractivity contribution is -0.122. The Balaban J connectivity index is 2.14. The number of thiazole rings is 1. The number of halogens is 1. The van der Waals surface area contributed by atoms with E-state index in [0.717, 1.165) is 18.2 Å². The Morgan fingerprint density at radius 1 is 1.82 bits per heavy atom. The molecule has 2 heterocycles. The van der Waals surface area contributed by atoms with Gasteiger partial charge in [-0.25, -0.2) is 4.98 Å². The first kappa shape index (κ1) is 12.6. The third-order valence-electron chi connectivity index (χ3n) is 2.61. The van der Waals surface area contributed by atoms with Gasteiger partial charge in [-0.05, 0) is 6.92 Å². The van der Waals surface area contributed by atoms with Crippen LogP contribution in [0.4, 0.5) is 5.13 Å². The molecule has 1 aliphatic heterocycles. The van der Waals surface area contributed by atoms with Crippen LogP contribution in [0.5, 0.6) is 0 Å². The van der Waals surface area contributed by atoms with Crippen molar-refractivity contribution in [2.75, 3.05) is 31.1 Å². The first-order chi connectivity index (χ1) is 8.22. The van der Waals surface area contributed by atoms with Gasteiger partial charge in [-0.1, -0.05) is 11.6 Å². The summed E-state index contributed by atoms with van der Waals surface area (Å²) in [5, 5.41) is 9.15. The molecule has 7 heteroatoms. The number of hydrogen-bond donors (Lipinski definition) is 2. The van der Waals surface area contributed by atoms with Gasteiger partial charge in [0.1, 0.15) is 11.2 Å². The van der Waals surface area contributed by atoms with E-state index in [2.05, 4.69) is 15.6 Å². The number of carbonyl (C=O) groups excluding carboxylic acids is 1. The number of carbonyl (C=O) groups is 1. The zero-order valence-electron chi connectivity index (χ0n) is 9.57. The first-order valence-corrected chi connectivity index (χ1v) is 6.84. The molecule has 0 radical (unpaired) electrons. The van der Waals surface area contributed by atoms with Crippen molar-refractivity contribution in [2.24, 2.45) is 0 Å². The van der Waals surface area contributed by atoms with Crippen LogP contribution in [-0.4, -0.2) is 43.1 Å². The number of nitrogens with zero attached hydrogens (tertiary/aromatic N) is 2. The smallest absolute Gasteiger partial charge is 0.244 e. The minimum Gasteiger partial charge on any atom is -0.355 e. The summed E-state index contributed by atoms with van der Waals surface area (Å²) < 4.78 is 0. The van der Waals surface area contributed by atoms with E-state index in [0.29, 0.717) is 18.2 Å². The lowest BCUT2D eigenvalue weighted by Crippen LogP contribution is -2.58. The molecule has 5 nitrogen and oxygen atoms in total. The molecule has 1 fully saturated rings. The average Bonchev–Trinajstić information content (AvgIpc) is 2.76. The summed E-state index contributed by atoms with van der Waals surface area (Å²) in [6.07, 6.45) is 0. The number of nitrogens with one attached hydrogen (secondary N) is 2. The molecular weight excluding hydrogens is 260 g/mol. The number of rotatable bonds is 3. The molecule has 1 aliphatic rings. The maximum Gasteiger partial charge on any atom is 0.244 e. The zero-order valence-corrected chi connectivity index (χ0v) is 11.1. The van der Waals surface area contributed by atoms with Crippen molar-refractivity contribution in [3.05, 3.63) is 10.5 Å². The van der Waals surface area contributed by atoms with Crippen LogP contribution in [0.3, 0.4) is 0 Å². The van der Waals surface area contributed by atoms with Crippen molar-refractivity contribution in [3.63, 3.8) is 0 Å². The Labute approximate surface area is 109 Å². The Bertz CT molecular complexity index is 397. The highest BCUT2D eigenvalue weighted by Gasteiger charge is 2.29. The number of piperazine rings is 1. The third kappa shape index (κ3) is 2.88. The molecule has 1 unspecified atom stereocenters. The maximum absolute atomic E-state index is 11.9. The van der Waals surface area contributed by atoms with Gasteiger partial charge < -0.3 is 15.5 Å². The van der Waals surface area contributed by atoms with E-state index < -0.39 is 0 Å². The van der Waals surface area contributed by atoms with Gasteiger partial charge in [0.05, 0.1) is 0 Å². The molecule has 0 bridgehead atoms. The van der Waals surface area contributed by atoms with Crippen molar-refractivity contribution in [2.45, 2.75) is 13.0 Å². The van der Waals surface area contributed by atoms with Crippen LogP contribution in [0.25, 0.3) is 0 Å². The van der Waals surface area contributed by atoms with Gasteiger partial charge >= 0.3 is 0 Å². The van der Waals surface area contributed by atoms with E-state index in [-0.39, 0.29) is 11.9 Å². The van der Waals surface area contributed by atoms with Crippen molar-refractivity contribution < 1.29 is 4.79 Å². The lowest BCUT2D eigenvalue weighted by Gasteiger charge is -2.34. The van der Waals surface area contributed by atoms with Crippen LogP contribution < -0.4 is 15.5 Å². The highest BCUT2D eigenvalue weighted by molar-refractivity contribution is 7.14. The summed E-state index contributed by atoms with van der Waals surface area (Å²) in [7, 11) is 0. The van der Waals surface area contributed by atoms with Gasteiger partial charge in [0.2, 0.25) is 5.91 Å². The Hall–Kier alpha value is -0.850. The summed E-state index contributed by atoms with van der Waals surface area (Å²) in [5.41, 5.74) is 0. The molecule has 0 saturated carbocycles. The number of anilines is 1. The van der Waals surface area contributed by atoms with Crippen LogP contribution in [-0.2, 0) is 4.79 Å². The topological polar surface area (TPSA) is 57.3 Å². The fourth-order valence-electron chi connectivity index (χ4n) is 1.84. The van der Waals surface area contributed by atoms with E-state index in [1.807, 2.05) is 11.8 Å². The molecule has 0 aromatic carbocycles. The summed E-state index contributed by atoms with van der Waals surface area (Å²) in [6.45, 7) is 4.82.